The molecule has 0 aliphatic heterocycles. The highest BCUT2D eigenvalue weighted by molar-refractivity contribution is 5.93. The van der Waals surface area contributed by atoms with Crippen LogP contribution in [0.5, 0.6) is 5.75 Å². The maximum absolute atomic E-state index is 12.3. The summed E-state index contributed by atoms with van der Waals surface area (Å²) in [6.07, 6.45) is 3.22. The van der Waals surface area contributed by atoms with Crippen molar-refractivity contribution in [3.63, 3.8) is 0 Å². The van der Waals surface area contributed by atoms with Crippen molar-refractivity contribution in [1.82, 2.24) is 9.78 Å². The zero-order valence-corrected chi connectivity index (χ0v) is 14.5. The summed E-state index contributed by atoms with van der Waals surface area (Å²) in [5.74, 6) is 1.29. The number of unbranched alkanes of at least 4 members (excludes halogenated alkanes) is 1. The Balaban J connectivity index is 1.87. The van der Waals surface area contributed by atoms with Crippen molar-refractivity contribution >= 4 is 11.7 Å². The first kappa shape index (κ1) is 18.0. The minimum atomic E-state index is -0.564. The summed E-state index contributed by atoms with van der Waals surface area (Å²) in [7, 11) is 1.62. The van der Waals surface area contributed by atoms with E-state index in [4.69, 9.17) is 9.47 Å². The number of rotatable bonds is 9. The second-order valence-electron chi connectivity index (χ2n) is 5.59. The molecule has 0 spiro atoms. The molecule has 1 aromatic heterocycles. The first-order valence-electron chi connectivity index (χ1n) is 8.21. The van der Waals surface area contributed by atoms with Gasteiger partial charge in [0.2, 0.25) is 0 Å². The number of anilines is 1. The second-order valence-corrected chi connectivity index (χ2v) is 5.59. The normalized spacial score (nSPS) is 12.0. The van der Waals surface area contributed by atoms with E-state index in [0.717, 1.165) is 30.7 Å². The molecule has 0 aliphatic rings. The average molecular weight is 331 g/mol. The first-order chi connectivity index (χ1) is 11.6. The predicted molar refractivity (Wildman–Crippen MR) is 93.0 cm³/mol. The lowest BCUT2D eigenvalue weighted by molar-refractivity contribution is -0.127. The third-order valence-electron chi connectivity index (χ3n) is 3.69. The zero-order valence-electron chi connectivity index (χ0n) is 14.5. The highest BCUT2D eigenvalue weighted by Crippen LogP contribution is 2.14. The van der Waals surface area contributed by atoms with Crippen molar-refractivity contribution in [3.05, 3.63) is 42.1 Å². The lowest BCUT2D eigenvalue weighted by Crippen LogP contribution is -2.28. The van der Waals surface area contributed by atoms with Crippen molar-refractivity contribution in [2.75, 3.05) is 12.4 Å². The molecule has 6 heteroatoms. The molecule has 2 rings (SSSR count). The molecular weight excluding hydrogens is 306 g/mol. The molecule has 0 bridgehead atoms. The van der Waals surface area contributed by atoms with Crippen molar-refractivity contribution < 1.29 is 14.3 Å². The summed E-state index contributed by atoms with van der Waals surface area (Å²) in [6, 6.07) is 9.39. The number of methoxy groups -OCH3 is 1. The van der Waals surface area contributed by atoms with E-state index < -0.39 is 6.10 Å². The minimum absolute atomic E-state index is 0.184. The standard InChI is InChI=1S/C18H25N3O3/c1-4-5-11-21-17(9-10-19-21)20-18(22)14(2)24-13-15-7-6-8-16(12-15)23-3/h6-10,12,14H,4-5,11,13H2,1-3H3,(H,20,22). The third kappa shape index (κ3) is 5.09. The van der Waals surface area contributed by atoms with Crippen molar-refractivity contribution in [2.24, 2.45) is 0 Å². The summed E-state index contributed by atoms with van der Waals surface area (Å²) < 4.78 is 12.6. The molecule has 1 atom stereocenters. The third-order valence-corrected chi connectivity index (χ3v) is 3.69. The monoisotopic (exact) mass is 331 g/mol. The quantitative estimate of drug-likeness (QED) is 0.766. The molecule has 0 aliphatic carbocycles. The number of nitrogens with zero attached hydrogens (tertiary/aromatic N) is 2. The molecule has 0 radical (unpaired) electrons. The van der Waals surface area contributed by atoms with E-state index in [2.05, 4.69) is 17.3 Å². The molecule has 1 heterocycles. The van der Waals surface area contributed by atoms with Gasteiger partial charge >= 0.3 is 0 Å². The van der Waals surface area contributed by atoms with Crippen LogP contribution in [0, 0.1) is 0 Å². The Morgan fingerprint density at radius 3 is 2.96 bits per heavy atom. The number of benzene rings is 1. The van der Waals surface area contributed by atoms with Gasteiger partial charge in [-0.25, -0.2) is 4.68 Å². The molecule has 0 saturated heterocycles. The van der Waals surface area contributed by atoms with Crippen LogP contribution in [-0.4, -0.2) is 28.9 Å². The zero-order chi connectivity index (χ0) is 17.4. The van der Waals surface area contributed by atoms with E-state index in [9.17, 15) is 4.79 Å². The number of nitrogens with one attached hydrogen (secondary N) is 1. The smallest absolute Gasteiger partial charge is 0.254 e. The highest BCUT2D eigenvalue weighted by Gasteiger charge is 2.15. The molecular formula is C18H25N3O3. The van der Waals surface area contributed by atoms with Gasteiger partial charge in [-0.2, -0.15) is 5.10 Å². The number of ether oxygens (including phenoxy) is 2. The van der Waals surface area contributed by atoms with E-state index in [1.54, 1.807) is 31.0 Å². The summed E-state index contributed by atoms with van der Waals surface area (Å²) in [4.78, 5) is 12.3. The van der Waals surface area contributed by atoms with Gasteiger partial charge in [0.1, 0.15) is 17.7 Å². The van der Waals surface area contributed by atoms with E-state index >= 15 is 0 Å². The predicted octanol–water partition coefficient (Wildman–Crippen LogP) is 3.24. The Morgan fingerprint density at radius 2 is 2.21 bits per heavy atom. The van der Waals surface area contributed by atoms with Gasteiger partial charge in [0.15, 0.2) is 0 Å². The molecule has 1 unspecified atom stereocenters. The molecule has 6 nitrogen and oxygen atoms in total. The van der Waals surface area contributed by atoms with Crippen LogP contribution in [0.3, 0.4) is 0 Å². The van der Waals surface area contributed by atoms with Crippen LogP contribution in [0.25, 0.3) is 0 Å². The highest BCUT2D eigenvalue weighted by atomic mass is 16.5. The van der Waals surface area contributed by atoms with Crippen LogP contribution < -0.4 is 10.1 Å². The van der Waals surface area contributed by atoms with Gasteiger partial charge in [-0.3, -0.25) is 4.79 Å². The Kier molecular flexibility index (Phi) is 6.81. The fourth-order valence-corrected chi connectivity index (χ4v) is 2.21. The van der Waals surface area contributed by atoms with Gasteiger partial charge in [0, 0.05) is 12.6 Å². The Bertz CT molecular complexity index is 654. The maximum atomic E-state index is 12.3. The minimum Gasteiger partial charge on any atom is -0.497 e. The number of amides is 1. The Hall–Kier alpha value is -2.34. The average Bonchev–Trinajstić information content (AvgIpc) is 3.04. The van der Waals surface area contributed by atoms with Gasteiger partial charge in [0.05, 0.1) is 19.9 Å². The Labute approximate surface area is 142 Å². The van der Waals surface area contributed by atoms with Gasteiger partial charge in [-0.05, 0) is 31.0 Å². The van der Waals surface area contributed by atoms with Gasteiger partial charge < -0.3 is 14.8 Å². The Morgan fingerprint density at radius 1 is 1.38 bits per heavy atom. The largest absolute Gasteiger partial charge is 0.497 e. The van der Waals surface area contributed by atoms with Gasteiger partial charge in [-0.1, -0.05) is 25.5 Å². The van der Waals surface area contributed by atoms with Crippen LogP contribution in [0.4, 0.5) is 5.82 Å². The second kappa shape index (κ2) is 9.08. The fourth-order valence-electron chi connectivity index (χ4n) is 2.21. The summed E-state index contributed by atoms with van der Waals surface area (Å²) in [5.41, 5.74) is 0.960. The molecule has 0 fully saturated rings. The molecule has 1 N–H and O–H groups in total. The molecule has 24 heavy (non-hydrogen) atoms. The van der Waals surface area contributed by atoms with E-state index in [-0.39, 0.29) is 5.91 Å². The van der Waals surface area contributed by atoms with E-state index in [1.807, 2.05) is 24.3 Å². The number of aromatic nitrogens is 2. The SMILES string of the molecule is CCCCn1nccc1NC(=O)C(C)OCc1cccc(OC)c1. The van der Waals surface area contributed by atoms with Crippen LogP contribution in [-0.2, 0) is 22.7 Å². The number of hydrogen-bond acceptors (Lipinski definition) is 4. The van der Waals surface area contributed by atoms with E-state index in [0.29, 0.717) is 12.4 Å². The van der Waals surface area contributed by atoms with Gasteiger partial charge in [0.25, 0.3) is 5.91 Å². The number of carbonyl (C=O) groups excluding carboxylic acids is 1. The maximum Gasteiger partial charge on any atom is 0.254 e. The fraction of sp³-hybridized carbons (Fsp3) is 0.444. The number of carbonyl (C=O) groups is 1. The summed E-state index contributed by atoms with van der Waals surface area (Å²) >= 11 is 0. The summed E-state index contributed by atoms with van der Waals surface area (Å²) in [5, 5.41) is 7.10. The molecule has 2 aromatic rings. The first-order valence-corrected chi connectivity index (χ1v) is 8.21. The van der Waals surface area contributed by atoms with Crippen LogP contribution in [0.15, 0.2) is 36.5 Å². The lowest BCUT2D eigenvalue weighted by atomic mass is 10.2. The van der Waals surface area contributed by atoms with Crippen molar-refractivity contribution in [2.45, 2.75) is 45.9 Å². The van der Waals surface area contributed by atoms with Gasteiger partial charge in [-0.15, -0.1) is 0 Å². The summed E-state index contributed by atoms with van der Waals surface area (Å²) in [6.45, 7) is 5.00. The number of hydrogen-bond donors (Lipinski definition) is 1. The van der Waals surface area contributed by atoms with Crippen molar-refractivity contribution in [3.8, 4) is 5.75 Å². The van der Waals surface area contributed by atoms with Crippen LogP contribution in [0.2, 0.25) is 0 Å². The number of aryl methyl sites for hydroxylation is 1. The van der Waals surface area contributed by atoms with Crippen LogP contribution >= 0.6 is 0 Å². The lowest BCUT2D eigenvalue weighted by Gasteiger charge is -2.14. The molecule has 0 saturated carbocycles. The van der Waals surface area contributed by atoms with E-state index in [1.165, 1.54) is 0 Å². The van der Waals surface area contributed by atoms with Crippen molar-refractivity contribution in [1.29, 1.82) is 0 Å². The molecule has 1 aromatic carbocycles. The topological polar surface area (TPSA) is 65.4 Å². The molecule has 130 valence electrons. The van der Waals surface area contributed by atoms with Crippen LogP contribution in [0.1, 0.15) is 32.3 Å². The molecule has 1 amide bonds.